The molecule has 4 rings (SSSR count). The SMILES string of the molecule is O=C(NCCc1cc2ccccc2[nH]1)[C@H]1CC(=O)N(c2cn[nH]c2)C1. The van der Waals surface area contributed by atoms with Gasteiger partial charge in [0.25, 0.3) is 0 Å². The van der Waals surface area contributed by atoms with Gasteiger partial charge in [0.1, 0.15) is 0 Å². The van der Waals surface area contributed by atoms with Gasteiger partial charge in [-0.25, -0.2) is 0 Å². The van der Waals surface area contributed by atoms with Crippen LogP contribution in [0.3, 0.4) is 0 Å². The van der Waals surface area contributed by atoms with Crippen molar-refractivity contribution < 1.29 is 9.59 Å². The molecule has 1 fully saturated rings. The van der Waals surface area contributed by atoms with Gasteiger partial charge < -0.3 is 15.2 Å². The van der Waals surface area contributed by atoms with Crippen molar-refractivity contribution in [2.45, 2.75) is 12.8 Å². The number of aromatic amines is 2. The Labute approximate surface area is 144 Å². The minimum atomic E-state index is -0.315. The molecular formula is C18H19N5O2. The monoisotopic (exact) mass is 337 g/mol. The summed E-state index contributed by atoms with van der Waals surface area (Å²) < 4.78 is 0. The topological polar surface area (TPSA) is 93.9 Å². The van der Waals surface area contributed by atoms with Gasteiger partial charge in [-0.1, -0.05) is 18.2 Å². The molecule has 0 unspecified atom stereocenters. The third kappa shape index (κ3) is 3.13. The van der Waals surface area contributed by atoms with Crippen LogP contribution in [0.15, 0.2) is 42.7 Å². The van der Waals surface area contributed by atoms with E-state index in [4.69, 9.17) is 0 Å². The lowest BCUT2D eigenvalue weighted by atomic mass is 10.1. The maximum atomic E-state index is 12.3. The maximum absolute atomic E-state index is 12.3. The lowest BCUT2D eigenvalue weighted by molar-refractivity contribution is -0.126. The van der Waals surface area contributed by atoms with E-state index in [1.165, 1.54) is 5.39 Å². The molecule has 0 bridgehead atoms. The van der Waals surface area contributed by atoms with Gasteiger partial charge in [0.15, 0.2) is 0 Å². The minimum absolute atomic E-state index is 0.0443. The van der Waals surface area contributed by atoms with Gasteiger partial charge in [-0.05, 0) is 17.5 Å². The molecule has 1 saturated heterocycles. The predicted octanol–water partition coefficient (Wildman–Crippen LogP) is 1.60. The number of amides is 2. The molecule has 0 aliphatic carbocycles. The van der Waals surface area contributed by atoms with Crippen LogP contribution in [0.5, 0.6) is 0 Å². The summed E-state index contributed by atoms with van der Waals surface area (Å²) in [6.07, 6.45) is 4.22. The van der Waals surface area contributed by atoms with E-state index in [-0.39, 0.29) is 24.2 Å². The average Bonchev–Trinajstić information content (AvgIpc) is 3.33. The van der Waals surface area contributed by atoms with Crippen molar-refractivity contribution in [2.24, 2.45) is 5.92 Å². The number of rotatable bonds is 5. The fourth-order valence-electron chi connectivity index (χ4n) is 3.26. The molecule has 3 N–H and O–H groups in total. The van der Waals surface area contributed by atoms with E-state index in [1.54, 1.807) is 17.3 Å². The van der Waals surface area contributed by atoms with Gasteiger partial charge in [0.05, 0.1) is 17.8 Å². The van der Waals surface area contributed by atoms with Crippen LogP contribution in [0.2, 0.25) is 0 Å². The summed E-state index contributed by atoms with van der Waals surface area (Å²) >= 11 is 0. The van der Waals surface area contributed by atoms with Gasteiger partial charge in [0.2, 0.25) is 11.8 Å². The van der Waals surface area contributed by atoms with E-state index in [2.05, 4.69) is 32.6 Å². The highest BCUT2D eigenvalue weighted by Gasteiger charge is 2.35. The van der Waals surface area contributed by atoms with Crippen molar-refractivity contribution in [3.63, 3.8) is 0 Å². The molecule has 25 heavy (non-hydrogen) atoms. The van der Waals surface area contributed by atoms with Crippen LogP contribution in [0.4, 0.5) is 5.69 Å². The van der Waals surface area contributed by atoms with Gasteiger partial charge >= 0.3 is 0 Å². The quantitative estimate of drug-likeness (QED) is 0.660. The van der Waals surface area contributed by atoms with E-state index >= 15 is 0 Å². The van der Waals surface area contributed by atoms with Crippen molar-refractivity contribution in [2.75, 3.05) is 18.0 Å². The van der Waals surface area contributed by atoms with Crippen LogP contribution < -0.4 is 10.2 Å². The number of carbonyl (C=O) groups excluding carboxylic acids is 2. The Balaban J connectivity index is 1.31. The summed E-state index contributed by atoms with van der Waals surface area (Å²) in [7, 11) is 0. The van der Waals surface area contributed by atoms with Crippen LogP contribution in [0, 0.1) is 5.92 Å². The minimum Gasteiger partial charge on any atom is -0.358 e. The van der Waals surface area contributed by atoms with Gasteiger partial charge in [-0.2, -0.15) is 5.10 Å². The highest BCUT2D eigenvalue weighted by molar-refractivity contribution is 6.00. The highest BCUT2D eigenvalue weighted by Crippen LogP contribution is 2.24. The summed E-state index contributed by atoms with van der Waals surface area (Å²) in [6.45, 7) is 0.943. The van der Waals surface area contributed by atoms with Crippen molar-refractivity contribution in [3.8, 4) is 0 Å². The van der Waals surface area contributed by atoms with Crippen LogP contribution in [-0.2, 0) is 16.0 Å². The highest BCUT2D eigenvalue weighted by atomic mass is 16.2. The Hall–Kier alpha value is -3.09. The molecule has 0 radical (unpaired) electrons. The summed E-state index contributed by atoms with van der Waals surface area (Å²) in [5.74, 6) is -0.433. The second kappa shape index (κ2) is 6.43. The normalized spacial score (nSPS) is 17.4. The van der Waals surface area contributed by atoms with Crippen LogP contribution in [0.25, 0.3) is 10.9 Å². The lowest BCUT2D eigenvalue weighted by Gasteiger charge is -2.14. The molecule has 128 valence electrons. The summed E-state index contributed by atoms with van der Waals surface area (Å²) in [5.41, 5.74) is 2.89. The first kappa shape index (κ1) is 15.4. The first-order valence-corrected chi connectivity index (χ1v) is 8.34. The summed E-state index contributed by atoms with van der Waals surface area (Å²) in [5, 5.41) is 10.6. The molecule has 1 atom stereocenters. The van der Waals surface area contributed by atoms with Crippen LogP contribution >= 0.6 is 0 Å². The fraction of sp³-hybridized carbons (Fsp3) is 0.278. The van der Waals surface area contributed by atoms with Gasteiger partial charge in [-0.15, -0.1) is 0 Å². The molecule has 3 aromatic rings. The standard InChI is InChI=1S/C18H19N5O2/c24-17-8-13(11-23(17)15-9-20-21-10-15)18(25)19-6-5-14-7-12-3-1-2-4-16(12)22-14/h1-4,7,9-10,13,22H,5-6,8,11H2,(H,19,25)(H,20,21)/t13-/m0/s1. The Morgan fingerprint density at radius 3 is 3.04 bits per heavy atom. The van der Waals surface area contributed by atoms with E-state index in [1.807, 2.05) is 18.2 Å². The van der Waals surface area contributed by atoms with Gasteiger partial charge in [-0.3, -0.25) is 14.7 Å². The molecule has 0 spiro atoms. The zero-order valence-electron chi connectivity index (χ0n) is 13.7. The predicted molar refractivity (Wildman–Crippen MR) is 94.1 cm³/mol. The number of hydrogen-bond donors (Lipinski definition) is 3. The Bertz CT molecular complexity index is 866. The number of fused-ring (bicyclic) bond motifs is 1. The Morgan fingerprint density at radius 1 is 1.36 bits per heavy atom. The number of nitrogens with one attached hydrogen (secondary N) is 3. The molecular weight excluding hydrogens is 318 g/mol. The molecule has 1 aromatic carbocycles. The maximum Gasteiger partial charge on any atom is 0.227 e. The first-order chi connectivity index (χ1) is 12.2. The Kier molecular flexibility index (Phi) is 3.97. The van der Waals surface area contributed by atoms with E-state index < -0.39 is 0 Å². The van der Waals surface area contributed by atoms with E-state index in [0.29, 0.717) is 18.8 Å². The van der Waals surface area contributed by atoms with E-state index in [9.17, 15) is 9.59 Å². The third-order valence-electron chi connectivity index (χ3n) is 4.57. The number of carbonyl (C=O) groups is 2. The van der Waals surface area contributed by atoms with Crippen LogP contribution in [0.1, 0.15) is 12.1 Å². The Morgan fingerprint density at radius 2 is 2.24 bits per heavy atom. The number of hydrogen-bond acceptors (Lipinski definition) is 3. The first-order valence-electron chi connectivity index (χ1n) is 8.34. The largest absolute Gasteiger partial charge is 0.358 e. The molecule has 7 nitrogen and oxygen atoms in total. The second-order valence-corrected chi connectivity index (χ2v) is 6.28. The van der Waals surface area contributed by atoms with Crippen molar-refractivity contribution >= 4 is 28.4 Å². The smallest absolute Gasteiger partial charge is 0.227 e. The molecule has 3 heterocycles. The molecule has 0 saturated carbocycles. The van der Waals surface area contributed by atoms with Gasteiger partial charge in [0, 0.05) is 43.3 Å². The van der Waals surface area contributed by atoms with Crippen LogP contribution in [-0.4, -0.2) is 40.1 Å². The zero-order chi connectivity index (χ0) is 17.2. The summed E-state index contributed by atoms with van der Waals surface area (Å²) in [6, 6.07) is 10.2. The number of para-hydroxylation sites is 1. The molecule has 7 heteroatoms. The lowest BCUT2D eigenvalue weighted by Crippen LogP contribution is -2.34. The number of anilines is 1. The third-order valence-corrected chi connectivity index (χ3v) is 4.57. The number of nitrogens with zero attached hydrogens (tertiary/aromatic N) is 2. The van der Waals surface area contributed by atoms with Crippen molar-refractivity contribution in [1.29, 1.82) is 0 Å². The molecule has 2 amide bonds. The fourth-order valence-corrected chi connectivity index (χ4v) is 3.26. The number of aromatic nitrogens is 3. The average molecular weight is 337 g/mol. The van der Waals surface area contributed by atoms with Crippen molar-refractivity contribution in [1.82, 2.24) is 20.5 Å². The number of H-pyrrole nitrogens is 2. The van der Waals surface area contributed by atoms with E-state index in [0.717, 1.165) is 17.6 Å². The second-order valence-electron chi connectivity index (χ2n) is 6.28. The number of benzene rings is 1. The summed E-state index contributed by atoms with van der Waals surface area (Å²) in [4.78, 5) is 29.4. The molecule has 2 aromatic heterocycles. The van der Waals surface area contributed by atoms with Crippen molar-refractivity contribution in [3.05, 3.63) is 48.4 Å². The zero-order valence-corrected chi connectivity index (χ0v) is 13.7. The molecule has 1 aliphatic rings. The molecule has 1 aliphatic heterocycles.